The van der Waals surface area contributed by atoms with E-state index in [-0.39, 0.29) is 17.7 Å². The monoisotopic (exact) mass is 222 g/mol. The van der Waals surface area contributed by atoms with E-state index in [9.17, 15) is 9.59 Å². The summed E-state index contributed by atoms with van der Waals surface area (Å²) in [6.45, 7) is 6.07. The van der Waals surface area contributed by atoms with Crippen LogP contribution in [0.15, 0.2) is 12.2 Å². The summed E-state index contributed by atoms with van der Waals surface area (Å²) in [5.74, 6) is -0.336. The molecule has 0 N–H and O–H groups in total. The summed E-state index contributed by atoms with van der Waals surface area (Å²) >= 11 is 0. The number of hydrogen-bond acceptors (Lipinski definition) is 3. The summed E-state index contributed by atoms with van der Waals surface area (Å²) in [6, 6.07) is 0. The van der Waals surface area contributed by atoms with E-state index in [2.05, 4.69) is 6.58 Å². The molecule has 2 rings (SSSR count). The number of Topliss-reactive ketones (excluding diaryl/α,β-unsaturated/α-hetero) is 1. The van der Waals surface area contributed by atoms with E-state index in [1.165, 1.54) is 0 Å². The van der Waals surface area contributed by atoms with Crippen molar-refractivity contribution in [2.24, 2.45) is 11.3 Å². The molecule has 2 fully saturated rings. The Labute approximate surface area is 95.9 Å². The molecule has 0 spiro atoms. The summed E-state index contributed by atoms with van der Waals surface area (Å²) in [4.78, 5) is 24.3. The van der Waals surface area contributed by atoms with Crippen LogP contribution in [0.4, 0.5) is 0 Å². The molecule has 2 bridgehead atoms. The maximum Gasteiger partial charge on any atom is 0.319 e. The zero-order chi connectivity index (χ0) is 11.8. The van der Waals surface area contributed by atoms with Gasteiger partial charge in [-0.25, -0.2) is 0 Å². The van der Waals surface area contributed by atoms with Gasteiger partial charge in [-0.3, -0.25) is 9.59 Å². The molecular formula is C13H18O3. The van der Waals surface area contributed by atoms with Crippen molar-refractivity contribution < 1.29 is 14.3 Å². The van der Waals surface area contributed by atoms with Crippen LogP contribution in [0.2, 0.25) is 0 Å². The molecule has 0 heterocycles. The van der Waals surface area contributed by atoms with Crippen molar-refractivity contribution in [1.82, 2.24) is 0 Å². The highest BCUT2D eigenvalue weighted by molar-refractivity contribution is 6.07. The fourth-order valence-electron chi connectivity index (χ4n) is 2.96. The van der Waals surface area contributed by atoms with Crippen molar-refractivity contribution in [3.8, 4) is 0 Å². The molecule has 88 valence electrons. The topological polar surface area (TPSA) is 43.4 Å². The zero-order valence-corrected chi connectivity index (χ0v) is 9.75. The molecule has 0 unspecified atom stereocenters. The fraction of sp³-hybridized carbons (Fsp3) is 0.692. The molecule has 2 atom stereocenters. The van der Waals surface area contributed by atoms with Crippen LogP contribution >= 0.6 is 0 Å². The van der Waals surface area contributed by atoms with Gasteiger partial charge in [-0.2, -0.15) is 0 Å². The van der Waals surface area contributed by atoms with Crippen molar-refractivity contribution in [2.45, 2.75) is 39.0 Å². The van der Waals surface area contributed by atoms with Crippen LogP contribution in [0.3, 0.4) is 0 Å². The van der Waals surface area contributed by atoms with E-state index in [0.29, 0.717) is 19.4 Å². The maximum atomic E-state index is 12.3. The molecular weight excluding hydrogens is 204 g/mol. The van der Waals surface area contributed by atoms with E-state index < -0.39 is 5.41 Å². The highest BCUT2D eigenvalue weighted by atomic mass is 16.5. The number of rotatable bonds is 2. The molecule has 0 aliphatic heterocycles. The summed E-state index contributed by atoms with van der Waals surface area (Å²) in [6.07, 6.45) is 3.83. The van der Waals surface area contributed by atoms with Gasteiger partial charge in [0, 0.05) is 5.92 Å². The number of ketones is 1. The first-order chi connectivity index (χ1) is 7.62. The third-order valence-corrected chi connectivity index (χ3v) is 3.92. The molecule has 0 amide bonds. The molecule has 16 heavy (non-hydrogen) atoms. The van der Waals surface area contributed by atoms with Crippen molar-refractivity contribution in [2.75, 3.05) is 6.61 Å². The quantitative estimate of drug-likeness (QED) is 0.409. The van der Waals surface area contributed by atoms with Gasteiger partial charge in [0.15, 0.2) is 5.78 Å². The van der Waals surface area contributed by atoms with E-state index in [1.54, 1.807) is 6.92 Å². The first kappa shape index (κ1) is 11.4. The van der Waals surface area contributed by atoms with E-state index in [0.717, 1.165) is 24.8 Å². The lowest BCUT2D eigenvalue weighted by Crippen LogP contribution is -2.50. The molecule has 3 nitrogen and oxygen atoms in total. The number of fused-ring (bicyclic) bond motifs is 2. The summed E-state index contributed by atoms with van der Waals surface area (Å²) in [5, 5.41) is 0. The van der Waals surface area contributed by atoms with Crippen LogP contribution in [0.1, 0.15) is 39.0 Å². The van der Waals surface area contributed by atoms with Crippen LogP contribution in [0, 0.1) is 11.3 Å². The van der Waals surface area contributed by atoms with Crippen LogP contribution in [-0.4, -0.2) is 18.4 Å². The number of carbonyl (C=O) groups is 2. The molecule has 0 aromatic carbocycles. The minimum Gasteiger partial charge on any atom is -0.465 e. The Bertz CT molecular complexity index is 345. The lowest BCUT2D eigenvalue weighted by Gasteiger charge is -2.42. The first-order valence-corrected chi connectivity index (χ1v) is 6.01. The molecule has 2 aliphatic carbocycles. The Morgan fingerprint density at radius 3 is 3.00 bits per heavy atom. The lowest BCUT2D eigenvalue weighted by atomic mass is 9.59. The summed E-state index contributed by atoms with van der Waals surface area (Å²) in [7, 11) is 0. The molecule has 2 saturated carbocycles. The Morgan fingerprint density at radius 2 is 2.31 bits per heavy atom. The van der Waals surface area contributed by atoms with Crippen LogP contribution < -0.4 is 0 Å². The van der Waals surface area contributed by atoms with Gasteiger partial charge in [0.25, 0.3) is 0 Å². The third-order valence-electron chi connectivity index (χ3n) is 3.92. The Kier molecular flexibility index (Phi) is 2.87. The standard InChI is InChI=1S/C13H18O3/c1-3-16-12(15)13-7-4-5-10(11(13)14)9(2)6-8-13/h10H,2-8H2,1H3/t10-,13-/m1/s1. The Hall–Kier alpha value is -1.12. The molecule has 0 radical (unpaired) electrons. The second kappa shape index (κ2) is 4.04. The predicted octanol–water partition coefficient (Wildman–Crippen LogP) is 2.26. The zero-order valence-electron chi connectivity index (χ0n) is 9.75. The van der Waals surface area contributed by atoms with Crippen LogP contribution in [-0.2, 0) is 14.3 Å². The molecule has 0 aromatic heterocycles. The summed E-state index contributed by atoms with van der Waals surface area (Å²) < 4.78 is 5.07. The number of allylic oxidation sites excluding steroid dienone is 1. The van der Waals surface area contributed by atoms with E-state index >= 15 is 0 Å². The van der Waals surface area contributed by atoms with Gasteiger partial charge in [0.2, 0.25) is 0 Å². The predicted molar refractivity (Wildman–Crippen MR) is 59.8 cm³/mol. The number of carbonyl (C=O) groups excluding carboxylic acids is 2. The third kappa shape index (κ3) is 1.49. The number of hydrogen-bond donors (Lipinski definition) is 0. The van der Waals surface area contributed by atoms with Crippen LogP contribution in [0.5, 0.6) is 0 Å². The fourth-order valence-corrected chi connectivity index (χ4v) is 2.96. The van der Waals surface area contributed by atoms with Gasteiger partial charge >= 0.3 is 5.97 Å². The first-order valence-electron chi connectivity index (χ1n) is 6.01. The second-order valence-corrected chi connectivity index (χ2v) is 4.77. The Balaban J connectivity index is 2.28. The normalized spacial score (nSPS) is 33.7. The summed E-state index contributed by atoms with van der Waals surface area (Å²) in [5.41, 5.74) is 0.171. The highest BCUT2D eigenvalue weighted by Crippen LogP contribution is 2.48. The Morgan fingerprint density at radius 1 is 1.56 bits per heavy atom. The van der Waals surface area contributed by atoms with Gasteiger partial charge in [0.1, 0.15) is 5.41 Å². The largest absolute Gasteiger partial charge is 0.465 e. The van der Waals surface area contributed by atoms with Crippen molar-refractivity contribution >= 4 is 11.8 Å². The average molecular weight is 222 g/mol. The minimum absolute atomic E-state index is 0.0634. The van der Waals surface area contributed by atoms with Gasteiger partial charge < -0.3 is 4.74 Å². The molecule has 2 aliphatic rings. The van der Waals surface area contributed by atoms with Gasteiger partial charge in [0.05, 0.1) is 6.61 Å². The number of ether oxygens (including phenoxy) is 1. The molecule has 0 aromatic rings. The maximum absolute atomic E-state index is 12.3. The van der Waals surface area contributed by atoms with Gasteiger partial charge in [-0.1, -0.05) is 18.6 Å². The van der Waals surface area contributed by atoms with Gasteiger partial charge in [-0.05, 0) is 32.6 Å². The number of esters is 1. The van der Waals surface area contributed by atoms with Crippen molar-refractivity contribution in [3.63, 3.8) is 0 Å². The van der Waals surface area contributed by atoms with Crippen molar-refractivity contribution in [1.29, 1.82) is 0 Å². The highest BCUT2D eigenvalue weighted by Gasteiger charge is 2.54. The van der Waals surface area contributed by atoms with Crippen molar-refractivity contribution in [3.05, 3.63) is 12.2 Å². The second-order valence-electron chi connectivity index (χ2n) is 4.77. The molecule has 3 heteroatoms. The smallest absolute Gasteiger partial charge is 0.319 e. The average Bonchev–Trinajstić information content (AvgIpc) is 2.25. The SMILES string of the molecule is C=C1CC[C@]2(C(=O)OCC)CCC[C@H]1C2=O. The van der Waals surface area contributed by atoms with Crippen LogP contribution in [0.25, 0.3) is 0 Å². The minimum atomic E-state index is -0.833. The van der Waals surface area contributed by atoms with Gasteiger partial charge in [-0.15, -0.1) is 0 Å². The molecule has 0 saturated heterocycles. The lowest BCUT2D eigenvalue weighted by molar-refractivity contribution is -0.165. The van der Waals surface area contributed by atoms with E-state index in [4.69, 9.17) is 4.74 Å². The van der Waals surface area contributed by atoms with E-state index in [1.807, 2.05) is 0 Å².